The van der Waals surface area contributed by atoms with Gasteiger partial charge in [0.1, 0.15) is 5.75 Å². The molecule has 138 valence electrons. The Morgan fingerprint density at radius 3 is 2.62 bits per heavy atom. The summed E-state index contributed by atoms with van der Waals surface area (Å²) in [6.07, 6.45) is 5.39. The van der Waals surface area contributed by atoms with Crippen molar-refractivity contribution in [3.05, 3.63) is 70.8 Å². The standard InChI is InChI=1S/C23H29NO2/c1-23(20-8-5-9-21(26)14-20)15-18(10-11-22(23)24(2)3)12-17-6-4-7-19(13-17)16-25/h4-9,12-14,22,25-26H,10-11,15-16H2,1-3H3. The topological polar surface area (TPSA) is 43.7 Å². The molecule has 1 aliphatic rings. The minimum absolute atomic E-state index is 0.0547. The Hall–Kier alpha value is -2.10. The molecule has 26 heavy (non-hydrogen) atoms. The predicted molar refractivity (Wildman–Crippen MR) is 107 cm³/mol. The fourth-order valence-corrected chi connectivity index (χ4v) is 4.44. The zero-order valence-electron chi connectivity index (χ0n) is 15.9. The van der Waals surface area contributed by atoms with Gasteiger partial charge in [-0.3, -0.25) is 0 Å². The van der Waals surface area contributed by atoms with Crippen molar-refractivity contribution in [1.29, 1.82) is 0 Å². The largest absolute Gasteiger partial charge is 0.508 e. The molecule has 1 aliphatic carbocycles. The summed E-state index contributed by atoms with van der Waals surface area (Å²) >= 11 is 0. The molecular formula is C23H29NO2. The van der Waals surface area contributed by atoms with Crippen molar-refractivity contribution < 1.29 is 10.2 Å². The molecule has 0 aliphatic heterocycles. The van der Waals surface area contributed by atoms with Crippen LogP contribution in [-0.4, -0.2) is 35.3 Å². The third-order valence-corrected chi connectivity index (χ3v) is 5.70. The van der Waals surface area contributed by atoms with E-state index in [0.717, 1.165) is 30.4 Å². The van der Waals surface area contributed by atoms with Crippen LogP contribution in [0.4, 0.5) is 0 Å². The Balaban J connectivity index is 1.96. The number of hydrogen-bond acceptors (Lipinski definition) is 3. The Kier molecular flexibility index (Phi) is 5.49. The second-order valence-electron chi connectivity index (χ2n) is 7.87. The molecule has 3 heteroatoms. The second kappa shape index (κ2) is 7.65. The van der Waals surface area contributed by atoms with Crippen LogP contribution in [0, 0.1) is 0 Å². The van der Waals surface area contributed by atoms with E-state index in [1.54, 1.807) is 6.07 Å². The molecule has 0 aromatic heterocycles. The summed E-state index contributed by atoms with van der Waals surface area (Å²) in [7, 11) is 4.29. The molecule has 2 aromatic carbocycles. The lowest BCUT2D eigenvalue weighted by Crippen LogP contribution is -2.48. The van der Waals surface area contributed by atoms with Gasteiger partial charge in [0.25, 0.3) is 0 Å². The van der Waals surface area contributed by atoms with Crippen LogP contribution in [0.25, 0.3) is 6.08 Å². The van der Waals surface area contributed by atoms with E-state index >= 15 is 0 Å². The van der Waals surface area contributed by atoms with Crippen LogP contribution >= 0.6 is 0 Å². The Labute approximate surface area is 156 Å². The number of aliphatic hydroxyl groups excluding tert-OH is 1. The van der Waals surface area contributed by atoms with Gasteiger partial charge < -0.3 is 15.1 Å². The maximum absolute atomic E-state index is 9.99. The summed E-state index contributed by atoms with van der Waals surface area (Å²) in [6.45, 7) is 2.38. The highest BCUT2D eigenvalue weighted by Gasteiger charge is 2.41. The monoisotopic (exact) mass is 351 g/mol. The molecule has 0 saturated heterocycles. The molecule has 3 rings (SSSR count). The van der Waals surface area contributed by atoms with Crippen LogP contribution in [0.3, 0.4) is 0 Å². The smallest absolute Gasteiger partial charge is 0.115 e. The van der Waals surface area contributed by atoms with Crippen molar-refractivity contribution in [2.45, 2.75) is 44.2 Å². The normalized spacial score (nSPS) is 25.0. The Morgan fingerprint density at radius 2 is 1.92 bits per heavy atom. The lowest BCUT2D eigenvalue weighted by atomic mass is 9.65. The van der Waals surface area contributed by atoms with E-state index in [9.17, 15) is 10.2 Å². The van der Waals surface area contributed by atoms with Crippen LogP contribution in [0.2, 0.25) is 0 Å². The number of allylic oxidation sites excluding steroid dienone is 1. The highest BCUT2D eigenvalue weighted by Crippen LogP contribution is 2.44. The number of benzene rings is 2. The SMILES string of the molecule is CN(C)C1CCC(=Cc2cccc(CO)c2)CC1(C)c1cccc(O)c1. The van der Waals surface area contributed by atoms with E-state index < -0.39 is 0 Å². The molecular weight excluding hydrogens is 322 g/mol. The maximum Gasteiger partial charge on any atom is 0.115 e. The zero-order valence-corrected chi connectivity index (χ0v) is 15.9. The molecule has 2 N–H and O–H groups in total. The van der Waals surface area contributed by atoms with Gasteiger partial charge in [0.05, 0.1) is 6.61 Å². The molecule has 0 spiro atoms. The van der Waals surface area contributed by atoms with Crippen LogP contribution in [0.15, 0.2) is 54.1 Å². The van der Waals surface area contributed by atoms with Crippen molar-refractivity contribution in [3.63, 3.8) is 0 Å². The number of nitrogens with zero attached hydrogens (tertiary/aromatic N) is 1. The summed E-state index contributed by atoms with van der Waals surface area (Å²) in [5.74, 6) is 0.327. The van der Waals surface area contributed by atoms with Crippen LogP contribution in [-0.2, 0) is 12.0 Å². The van der Waals surface area contributed by atoms with Crippen molar-refractivity contribution in [3.8, 4) is 5.75 Å². The first kappa shape index (κ1) is 18.7. The van der Waals surface area contributed by atoms with Crippen molar-refractivity contribution in [2.24, 2.45) is 0 Å². The fourth-order valence-electron chi connectivity index (χ4n) is 4.44. The number of aliphatic hydroxyl groups is 1. The number of aromatic hydroxyl groups is 1. The van der Waals surface area contributed by atoms with Gasteiger partial charge in [0, 0.05) is 11.5 Å². The molecule has 2 aromatic rings. The summed E-state index contributed by atoms with van der Waals surface area (Å²) < 4.78 is 0. The number of hydrogen-bond donors (Lipinski definition) is 2. The van der Waals surface area contributed by atoms with Crippen LogP contribution < -0.4 is 0 Å². The maximum atomic E-state index is 9.99. The van der Waals surface area contributed by atoms with E-state index in [-0.39, 0.29) is 12.0 Å². The van der Waals surface area contributed by atoms with Crippen molar-refractivity contribution in [1.82, 2.24) is 4.90 Å². The predicted octanol–water partition coefficient (Wildman–Crippen LogP) is 4.34. The molecule has 1 fully saturated rings. The Bertz CT molecular complexity index is 796. The van der Waals surface area contributed by atoms with E-state index in [1.165, 1.54) is 11.1 Å². The highest BCUT2D eigenvalue weighted by atomic mass is 16.3. The molecule has 1 saturated carbocycles. The van der Waals surface area contributed by atoms with E-state index in [4.69, 9.17) is 0 Å². The van der Waals surface area contributed by atoms with Crippen LogP contribution in [0.5, 0.6) is 5.75 Å². The fraction of sp³-hybridized carbons (Fsp3) is 0.391. The molecule has 3 nitrogen and oxygen atoms in total. The van der Waals surface area contributed by atoms with Gasteiger partial charge >= 0.3 is 0 Å². The lowest BCUT2D eigenvalue weighted by molar-refractivity contribution is 0.155. The quantitative estimate of drug-likeness (QED) is 0.861. The summed E-state index contributed by atoms with van der Waals surface area (Å²) in [4.78, 5) is 2.31. The first-order valence-electron chi connectivity index (χ1n) is 9.27. The van der Waals surface area contributed by atoms with Gasteiger partial charge in [-0.2, -0.15) is 0 Å². The highest BCUT2D eigenvalue weighted by molar-refractivity contribution is 5.55. The van der Waals surface area contributed by atoms with Gasteiger partial charge in [-0.1, -0.05) is 48.9 Å². The minimum Gasteiger partial charge on any atom is -0.508 e. The molecule has 2 atom stereocenters. The second-order valence-corrected chi connectivity index (χ2v) is 7.87. The van der Waals surface area contributed by atoms with Gasteiger partial charge in [0.15, 0.2) is 0 Å². The molecule has 0 heterocycles. The van der Waals surface area contributed by atoms with Crippen molar-refractivity contribution in [2.75, 3.05) is 14.1 Å². The van der Waals surface area contributed by atoms with Gasteiger partial charge in [0.2, 0.25) is 0 Å². The first-order valence-corrected chi connectivity index (χ1v) is 9.27. The van der Waals surface area contributed by atoms with E-state index in [0.29, 0.717) is 11.8 Å². The van der Waals surface area contributed by atoms with Crippen molar-refractivity contribution >= 4 is 6.08 Å². The minimum atomic E-state index is -0.0547. The molecule has 0 radical (unpaired) electrons. The summed E-state index contributed by atoms with van der Waals surface area (Å²) in [5.41, 5.74) is 4.64. The molecule has 0 bridgehead atoms. The number of phenolic OH excluding ortho intramolecular Hbond substituents is 1. The number of likely N-dealkylation sites (N-methyl/N-ethyl adjacent to an activating group) is 1. The molecule has 2 unspecified atom stereocenters. The third kappa shape index (κ3) is 3.84. The average molecular weight is 351 g/mol. The third-order valence-electron chi connectivity index (χ3n) is 5.70. The van der Waals surface area contributed by atoms with Gasteiger partial charge in [-0.25, -0.2) is 0 Å². The van der Waals surface area contributed by atoms with Crippen LogP contribution in [0.1, 0.15) is 42.9 Å². The van der Waals surface area contributed by atoms with Gasteiger partial charge in [-0.05, 0) is 68.2 Å². The van der Waals surface area contributed by atoms with E-state index in [2.05, 4.69) is 50.2 Å². The number of phenols is 1. The lowest BCUT2D eigenvalue weighted by Gasteiger charge is -2.46. The average Bonchev–Trinajstić information content (AvgIpc) is 2.61. The zero-order chi connectivity index (χ0) is 18.7. The Morgan fingerprint density at radius 1 is 1.15 bits per heavy atom. The summed E-state index contributed by atoms with van der Waals surface area (Å²) in [6, 6.07) is 16.2. The summed E-state index contributed by atoms with van der Waals surface area (Å²) in [5, 5.41) is 19.4. The number of rotatable bonds is 4. The first-order chi connectivity index (χ1) is 12.4. The van der Waals surface area contributed by atoms with Gasteiger partial charge in [-0.15, -0.1) is 0 Å². The van der Waals surface area contributed by atoms with E-state index in [1.807, 2.05) is 24.3 Å². The molecule has 0 amide bonds.